The summed E-state index contributed by atoms with van der Waals surface area (Å²) in [6.07, 6.45) is -0.0585. The first-order valence-electron chi connectivity index (χ1n) is 9.11. The Bertz CT molecular complexity index is 593. The van der Waals surface area contributed by atoms with E-state index in [1.807, 2.05) is 0 Å². The third-order valence-electron chi connectivity index (χ3n) is 4.17. The Morgan fingerprint density at radius 2 is 1.85 bits per heavy atom. The van der Waals surface area contributed by atoms with E-state index in [0.29, 0.717) is 51.5 Å². The maximum absolute atomic E-state index is 12.1. The molecule has 2 aliphatic rings. The van der Waals surface area contributed by atoms with Gasteiger partial charge in [-0.05, 0) is 33.6 Å². The highest BCUT2D eigenvalue weighted by Crippen LogP contribution is 2.17. The molecule has 1 saturated heterocycles. The lowest BCUT2D eigenvalue weighted by molar-refractivity contribution is -0.143. The van der Waals surface area contributed by atoms with Crippen LogP contribution in [0.25, 0.3) is 0 Å². The van der Waals surface area contributed by atoms with Crippen molar-refractivity contribution in [3.8, 4) is 0 Å². The molecule has 0 spiro atoms. The molecule has 0 saturated carbocycles. The van der Waals surface area contributed by atoms with Gasteiger partial charge in [-0.15, -0.1) is 0 Å². The lowest BCUT2D eigenvalue weighted by Gasteiger charge is -2.29. The molecule has 152 valence electrons. The van der Waals surface area contributed by atoms with Crippen molar-refractivity contribution < 1.29 is 29.0 Å². The minimum Gasteiger partial charge on any atom is -0.481 e. The van der Waals surface area contributed by atoms with Crippen LogP contribution in [0.5, 0.6) is 0 Å². The summed E-state index contributed by atoms with van der Waals surface area (Å²) in [5.41, 5.74) is -0.589. The zero-order valence-corrected chi connectivity index (χ0v) is 16.1. The zero-order valence-electron chi connectivity index (χ0n) is 16.1. The number of rotatable bonds is 4. The molecule has 0 unspecified atom stereocenters. The van der Waals surface area contributed by atoms with Crippen molar-refractivity contribution >= 4 is 24.1 Å². The minimum absolute atomic E-state index is 0.110. The van der Waals surface area contributed by atoms with Crippen LogP contribution in [0.1, 0.15) is 33.6 Å². The summed E-state index contributed by atoms with van der Waals surface area (Å²) in [5.74, 6) is -0.809. The first-order chi connectivity index (χ1) is 12.7. The van der Waals surface area contributed by atoms with Crippen molar-refractivity contribution in [1.82, 2.24) is 15.1 Å². The van der Waals surface area contributed by atoms with Crippen molar-refractivity contribution in [1.29, 1.82) is 0 Å². The summed E-state index contributed by atoms with van der Waals surface area (Å²) in [4.78, 5) is 42.2. The molecule has 2 amide bonds. The van der Waals surface area contributed by atoms with Crippen molar-refractivity contribution in [3.63, 3.8) is 0 Å². The number of hydrogen-bond donors (Lipinski definition) is 2. The van der Waals surface area contributed by atoms with Crippen LogP contribution in [0.4, 0.5) is 9.59 Å². The molecular weight excluding hydrogens is 356 g/mol. The average Bonchev–Trinajstić information content (AvgIpc) is 3.06. The Morgan fingerprint density at radius 3 is 2.44 bits per heavy atom. The second kappa shape index (κ2) is 8.92. The van der Waals surface area contributed by atoms with E-state index in [9.17, 15) is 14.4 Å². The summed E-state index contributed by atoms with van der Waals surface area (Å²) in [7, 11) is 0. The first-order valence-corrected chi connectivity index (χ1v) is 9.11. The molecule has 2 heterocycles. The van der Waals surface area contributed by atoms with Gasteiger partial charge in [-0.3, -0.25) is 9.79 Å². The molecule has 2 rings (SSSR count). The van der Waals surface area contributed by atoms with Gasteiger partial charge in [0.25, 0.3) is 0 Å². The van der Waals surface area contributed by atoms with Gasteiger partial charge in [0.1, 0.15) is 12.2 Å². The molecule has 0 aromatic rings. The van der Waals surface area contributed by atoms with E-state index in [0.717, 1.165) is 0 Å². The van der Waals surface area contributed by atoms with Crippen molar-refractivity contribution in [3.05, 3.63) is 0 Å². The number of aliphatic carboxylic acids is 1. The number of amides is 2. The fourth-order valence-electron chi connectivity index (χ4n) is 2.79. The molecule has 2 N–H and O–H groups in total. The fourth-order valence-corrected chi connectivity index (χ4v) is 2.79. The zero-order chi connectivity index (χ0) is 20.0. The minimum atomic E-state index is -0.820. The van der Waals surface area contributed by atoms with Gasteiger partial charge in [-0.25, -0.2) is 14.5 Å². The number of nitrogens with one attached hydrogen (secondary N) is 1. The standard InChI is InChI=1S/C17H28N4O6/c1-17(2,3)27-16(25)21-10-6-18-14(21)19-7-11-26-15(24)20-8-4-12(5-9-20)13(22)23/h12H,4-11H2,1-3H3,(H,18,19)(H,22,23). The molecule has 10 heteroatoms. The van der Waals surface area contributed by atoms with Gasteiger partial charge in [-0.2, -0.15) is 0 Å². The third-order valence-corrected chi connectivity index (χ3v) is 4.17. The summed E-state index contributed by atoms with van der Waals surface area (Å²) in [6.45, 7) is 7.48. The number of nitrogens with zero attached hydrogens (tertiary/aromatic N) is 3. The lowest BCUT2D eigenvalue weighted by Crippen LogP contribution is -2.46. The lowest BCUT2D eigenvalue weighted by atomic mass is 9.97. The summed E-state index contributed by atoms with van der Waals surface area (Å²) in [5, 5.41) is 12.0. The summed E-state index contributed by atoms with van der Waals surface area (Å²) < 4.78 is 10.5. The van der Waals surface area contributed by atoms with Gasteiger partial charge in [0.05, 0.1) is 25.6 Å². The summed E-state index contributed by atoms with van der Waals surface area (Å²) >= 11 is 0. The number of carboxylic acids is 1. The SMILES string of the molecule is CC(C)(C)OC(=O)N1CCN=C1NCCOC(=O)N1CCC(C(=O)O)CC1. The molecule has 0 atom stereocenters. The Labute approximate surface area is 158 Å². The molecule has 0 radical (unpaired) electrons. The third kappa shape index (κ3) is 6.30. The topological polar surface area (TPSA) is 121 Å². The molecule has 0 aromatic heterocycles. The molecule has 10 nitrogen and oxygen atoms in total. The van der Waals surface area contributed by atoms with Crippen LogP contribution in [0, 0.1) is 5.92 Å². The van der Waals surface area contributed by atoms with Gasteiger partial charge >= 0.3 is 18.2 Å². The highest BCUT2D eigenvalue weighted by atomic mass is 16.6. The van der Waals surface area contributed by atoms with E-state index in [-0.39, 0.29) is 6.61 Å². The van der Waals surface area contributed by atoms with Crippen LogP contribution in [0.15, 0.2) is 4.99 Å². The summed E-state index contributed by atoms with van der Waals surface area (Å²) in [6, 6.07) is 0. The van der Waals surface area contributed by atoms with Gasteiger partial charge in [0.15, 0.2) is 0 Å². The number of guanidine groups is 1. The van der Waals surface area contributed by atoms with E-state index in [2.05, 4.69) is 10.3 Å². The number of carbonyl (C=O) groups is 3. The maximum atomic E-state index is 12.1. The average molecular weight is 384 g/mol. The van der Waals surface area contributed by atoms with Gasteiger partial charge in [0, 0.05) is 13.1 Å². The highest BCUT2D eigenvalue weighted by Gasteiger charge is 2.29. The van der Waals surface area contributed by atoms with Crippen molar-refractivity contribution in [2.75, 3.05) is 39.3 Å². The first kappa shape index (κ1) is 20.8. The number of aliphatic imine (C=N–C) groups is 1. The van der Waals surface area contributed by atoms with E-state index >= 15 is 0 Å². The van der Waals surface area contributed by atoms with Crippen LogP contribution >= 0.6 is 0 Å². The molecule has 1 fully saturated rings. The predicted molar refractivity (Wildman–Crippen MR) is 96.5 cm³/mol. The fraction of sp³-hybridized carbons (Fsp3) is 0.765. The van der Waals surface area contributed by atoms with Gasteiger partial charge in [-0.1, -0.05) is 0 Å². The van der Waals surface area contributed by atoms with Crippen LogP contribution in [0.2, 0.25) is 0 Å². The Kier molecular flexibility index (Phi) is 6.86. The molecule has 2 aliphatic heterocycles. The molecule has 0 aromatic carbocycles. The van der Waals surface area contributed by atoms with E-state index < -0.39 is 29.7 Å². The van der Waals surface area contributed by atoms with E-state index in [1.165, 1.54) is 9.80 Å². The van der Waals surface area contributed by atoms with Gasteiger partial charge in [0.2, 0.25) is 5.96 Å². The number of hydrogen-bond acceptors (Lipinski definition) is 7. The normalized spacial score (nSPS) is 18.1. The number of ether oxygens (including phenoxy) is 2. The second-order valence-corrected chi connectivity index (χ2v) is 7.48. The monoisotopic (exact) mass is 384 g/mol. The van der Waals surface area contributed by atoms with Gasteiger partial charge < -0.3 is 24.8 Å². The van der Waals surface area contributed by atoms with E-state index in [1.54, 1.807) is 20.8 Å². The maximum Gasteiger partial charge on any atom is 0.417 e. The second-order valence-electron chi connectivity index (χ2n) is 7.48. The Hall–Kier alpha value is -2.52. The number of piperidine rings is 1. The number of carbonyl (C=O) groups excluding carboxylic acids is 2. The Morgan fingerprint density at radius 1 is 1.19 bits per heavy atom. The largest absolute Gasteiger partial charge is 0.481 e. The van der Waals surface area contributed by atoms with Crippen molar-refractivity contribution in [2.24, 2.45) is 10.9 Å². The number of likely N-dealkylation sites (tertiary alicyclic amines) is 1. The molecule has 0 aliphatic carbocycles. The van der Waals surface area contributed by atoms with Crippen LogP contribution < -0.4 is 5.32 Å². The van der Waals surface area contributed by atoms with E-state index in [4.69, 9.17) is 14.6 Å². The molecular formula is C17H28N4O6. The van der Waals surface area contributed by atoms with Crippen LogP contribution in [0.3, 0.4) is 0 Å². The quantitative estimate of drug-likeness (QED) is 0.697. The van der Waals surface area contributed by atoms with Crippen LogP contribution in [-0.4, -0.2) is 84.0 Å². The number of carboxylic acid groups (broad SMARTS) is 1. The molecule has 27 heavy (non-hydrogen) atoms. The predicted octanol–water partition coefficient (Wildman–Crippen LogP) is 1.12. The highest BCUT2D eigenvalue weighted by molar-refractivity contribution is 5.95. The van der Waals surface area contributed by atoms with Crippen molar-refractivity contribution in [2.45, 2.75) is 39.2 Å². The molecule has 0 bridgehead atoms. The van der Waals surface area contributed by atoms with Crippen LogP contribution in [-0.2, 0) is 14.3 Å². The smallest absolute Gasteiger partial charge is 0.417 e. The Balaban J connectivity index is 1.68.